The van der Waals surface area contributed by atoms with Gasteiger partial charge in [-0.2, -0.15) is 0 Å². The number of para-hydroxylation sites is 1. The summed E-state index contributed by atoms with van der Waals surface area (Å²) in [6, 6.07) is 7.50. The number of aromatic nitrogens is 1. The number of pyridine rings is 1. The van der Waals surface area contributed by atoms with Crippen LogP contribution < -0.4 is 4.90 Å². The van der Waals surface area contributed by atoms with Crippen LogP contribution in [0, 0.1) is 0 Å². The molecule has 1 aromatic heterocycles. The number of carboxylic acids is 1. The van der Waals surface area contributed by atoms with Crippen molar-refractivity contribution in [2.24, 2.45) is 0 Å². The molecular formula is C15H16N2O3. The van der Waals surface area contributed by atoms with E-state index in [2.05, 4.69) is 4.98 Å². The Labute approximate surface area is 116 Å². The predicted molar refractivity (Wildman–Crippen MR) is 76.2 cm³/mol. The van der Waals surface area contributed by atoms with Gasteiger partial charge in [0.15, 0.2) is 0 Å². The third-order valence-corrected chi connectivity index (χ3v) is 3.85. The monoisotopic (exact) mass is 272 g/mol. The highest BCUT2D eigenvalue weighted by Crippen LogP contribution is 2.34. The lowest BCUT2D eigenvalue weighted by molar-refractivity contribution is 0.0697. The summed E-state index contributed by atoms with van der Waals surface area (Å²) < 4.78 is 0. The zero-order valence-corrected chi connectivity index (χ0v) is 11.0. The van der Waals surface area contributed by atoms with Crippen LogP contribution in [0.25, 0.3) is 10.9 Å². The number of hydrogen-bond acceptors (Lipinski definition) is 4. The van der Waals surface area contributed by atoms with E-state index >= 15 is 0 Å². The summed E-state index contributed by atoms with van der Waals surface area (Å²) in [6.45, 7) is 0.801. The molecule has 1 aromatic carbocycles. The van der Waals surface area contributed by atoms with Gasteiger partial charge in [-0.1, -0.05) is 18.2 Å². The number of carbonyl (C=O) groups is 1. The van der Waals surface area contributed by atoms with Crippen LogP contribution in [0.5, 0.6) is 0 Å². The number of hydrogen-bond donors (Lipinski definition) is 2. The molecule has 1 unspecified atom stereocenters. The molecule has 0 bridgehead atoms. The lowest BCUT2D eigenvalue weighted by Crippen LogP contribution is -2.33. The molecule has 5 heteroatoms. The minimum absolute atomic E-state index is 0.0149. The third kappa shape index (κ3) is 2.00. The molecule has 0 spiro atoms. The number of aliphatic hydroxyl groups is 1. The van der Waals surface area contributed by atoms with Gasteiger partial charge in [0.05, 0.1) is 23.9 Å². The number of benzene rings is 1. The molecule has 3 rings (SSSR count). The van der Waals surface area contributed by atoms with Gasteiger partial charge in [-0.3, -0.25) is 4.98 Å². The van der Waals surface area contributed by atoms with Crippen LogP contribution in [0.4, 0.5) is 5.69 Å². The van der Waals surface area contributed by atoms with Gasteiger partial charge < -0.3 is 15.1 Å². The summed E-state index contributed by atoms with van der Waals surface area (Å²) in [5, 5.41) is 19.7. The Kier molecular flexibility index (Phi) is 3.28. The zero-order valence-electron chi connectivity index (χ0n) is 11.0. The summed E-state index contributed by atoms with van der Waals surface area (Å²) in [5.41, 5.74) is 1.65. The van der Waals surface area contributed by atoms with Gasteiger partial charge in [-0.05, 0) is 18.9 Å². The lowest BCUT2D eigenvalue weighted by atomic mass is 10.1. The summed E-state index contributed by atoms with van der Waals surface area (Å²) in [4.78, 5) is 17.7. The van der Waals surface area contributed by atoms with Crippen LogP contribution in [0.3, 0.4) is 0 Å². The number of aliphatic hydroxyl groups excluding tert-OH is 1. The molecule has 2 heterocycles. The smallest absolute Gasteiger partial charge is 0.339 e. The van der Waals surface area contributed by atoms with Crippen molar-refractivity contribution in [1.29, 1.82) is 0 Å². The van der Waals surface area contributed by atoms with E-state index in [-0.39, 0.29) is 18.2 Å². The summed E-state index contributed by atoms with van der Waals surface area (Å²) >= 11 is 0. The van der Waals surface area contributed by atoms with Gasteiger partial charge in [0.1, 0.15) is 5.56 Å². The minimum atomic E-state index is -0.984. The van der Waals surface area contributed by atoms with Gasteiger partial charge in [0.25, 0.3) is 0 Å². The normalized spacial score (nSPS) is 18.6. The first-order chi connectivity index (χ1) is 9.72. The van der Waals surface area contributed by atoms with Crippen LogP contribution in [0.1, 0.15) is 23.2 Å². The molecule has 0 saturated carbocycles. The summed E-state index contributed by atoms with van der Waals surface area (Å²) in [7, 11) is 0. The van der Waals surface area contributed by atoms with Gasteiger partial charge in [0, 0.05) is 18.1 Å². The van der Waals surface area contributed by atoms with Crippen molar-refractivity contribution in [3.63, 3.8) is 0 Å². The Morgan fingerprint density at radius 1 is 1.40 bits per heavy atom. The van der Waals surface area contributed by atoms with Crippen molar-refractivity contribution in [2.45, 2.75) is 18.9 Å². The minimum Gasteiger partial charge on any atom is -0.478 e. The molecule has 104 valence electrons. The Bertz CT molecular complexity index is 657. The Morgan fingerprint density at radius 3 is 2.95 bits per heavy atom. The van der Waals surface area contributed by atoms with E-state index in [0.29, 0.717) is 5.69 Å². The van der Waals surface area contributed by atoms with Crippen molar-refractivity contribution in [3.05, 3.63) is 36.0 Å². The molecule has 1 aliphatic heterocycles. The lowest BCUT2D eigenvalue weighted by Gasteiger charge is -2.27. The van der Waals surface area contributed by atoms with Crippen LogP contribution in [-0.4, -0.2) is 40.4 Å². The van der Waals surface area contributed by atoms with Gasteiger partial charge in [-0.15, -0.1) is 0 Å². The SMILES string of the molecule is O=C(O)c1cnc2ccccc2c1N1CCCC1CO. The van der Waals surface area contributed by atoms with Crippen molar-refractivity contribution in [2.75, 3.05) is 18.1 Å². The molecular weight excluding hydrogens is 256 g/mol. The van der Waals surface area contributed by atoms with Gasteiger partial charge >= 0.3 is 5.97 Å². The molecule has 1 saturated heterocycles. The summed E-state index contributed by atoms with van der Waals surface area (Å²) in [5.74, 6) is -0.984. The van der Waals surface area contributed by atoms with Crippen molar-refractivity contribution in [1.82, 2.24) is 4.98 Å². The van der Waals surface area contributed by atoms with Gasteiger partial charge in [-0.25, -0.2) is 4.79 Å². The zero-order chi connectivity index (χ0) is 14.1. The van der Waals surface area contributed by atoms with Crippen LogP contribution in [0.2, 0.25) is 0 Å². The van der Waals surface area contributed by atoms with Crippen LogP contribution in [0.15, 0.2) is 30.5 Å². The molecule has 20 heavy (non-hydrogen) atoms. The van der Waals surface area contributed by atoms with E-state index in [9.17, 15) is 15.0 Å². The Morgan fingerprint density at radius 2 is 2.20 bits per heavy atom. The number of aromatic carboxylic acids is 1. The second-order valence-corrected chi connectivity index (χ2v) is 5.01. The number of nitrogens with zero attached hydrogens (tertiary/aromatic N) is 2. The summed E-state index contributed by atoms with van der Waals surface area (Å²) in [6.07, 6.45) is 3.25. The number of fused-ring (bicyclic) bond motifs is 1. The maximum absolute atomic E-state index is 11.5. The van der Waals surface area contributed by atoms with E-state index in [4.69, 9.17) is 0 Å². The van der Waals surface area contributed by atoms with Crippen molar-refractivity contribution >= 4 is 22.6 Å². The average molecular weight is 272 g/mol. The van der Waals surface area contributed by atoms with E-state index in [0.717, 1.165) is 30.3 Å². The topological polar surface area (TPSA) is 73.7 Å². The first-order valence-corrected chi connectivity index (χ1v) is 6.71. The quantitative estimate of drug-likeness (QED) is 0.892. The van der Waals surface area contributed by atoms with Crippen LogP contribution in [-0.2, 0) is 0 Å². The highest BCUT2D eigenvalue weighted by atomic mass is 16.4. The van der Waals surface area contributed by atoms with Crippen molar-refractivity contribution < 1.29 is 15.0 Å². The molecule has 0 radical (unpaired) electrons. The van der Waals surface area contributed by atoms with E-state index in [1.165, 1.54) is 6.20 Å². The Balaban J connectivity index is 2.24. The first kappa shape index (κ1) is 12.9. The maximum Gasteiger partial charge on any atom is 0.339 e. The standard InChI is InChI=1S/C15H16N2O3/c18-9-10-4-3-7-17(10)14-11-5-1-2-6-13(11)16-8-12(14)15(19)20/h1-2,5-6,8,10,18H,3-4,7,9H2,(H,19,20). The van der Waals surface area contributed by atoms with Crippen LogP contribution >= 0.6 is 0 Å². The average Bonchev–Trinajstić information content (AvgIpc) is 2.93. The second-order valence-electron chi connectivity index (χ2n) is 5.01. The van der Waals surface area contributed by atoms with E-state index in [1.807, 2.05) is 29.2 Å². The largest absolute Gasteiger partial charge is 0.478 e. The molecule has 2 aromatic rings. The number of anilines is 1. The highest BCUT2D eigenvalue weighted by molar-refractivity contribution is 6.04. The number of carboxylic acid groups (broad SMARTS) is 1. The Hall–Kier alpha value is -2.14. The molecule has 0 aliphatic carbocycles. The fourth-order valence-electron chi connectivity index (χ4n) is 2.91. The molecule has 5 nitrogen and oxygen atoms in total. The molecule has 2 N–H and O–H groups in total. The van der Waals surface area contributed by atoms with Crippen molar-refractivity contribution in [3.8, 4) is 0 Å². The maximum atomic E-state index is 11.5. The third-order valence-electron chi connectivity index (χ3n) is 3.85. The highest BCUT2D eigenvalue weighted by Gasteiger charge is 2.29. The molecule has 1 aliphatic rings. The fourth-order valence-corrected chi connectivity index (χ4v) is 2.91. The van der Waals surface area contributed by atoms with E-state index < -0.39 is 5.97 Å². The molecule has 0 amide bonds. The molecule has 1 fully saturated rings. The fraction of sp³-hybridized carbons (Fsp3) is 0.333. The van der Waals surface area contributed by atoms with Gasteiger partial charge in [0.2, 0.25) is 0 Å². The van der Waals surface area contributed by atoms with E-state index in [1.54, 1.807) is 0 Å². The number of rotatable bonds is 3. The molecule has 1 atom stereocenters. The first-order valence-electron chi connectivity index (χ1n) is 6.71. The predicted octanol–water partition coefficient (Wildman–Crippen LogP) is 1.89. The second kappa shape index (κ2) is 5.09.